The molecule has 0 amide bonds. The van der Waals surface area contributed by atoms with Gasteiger partial charge in [0.1, 0.15) is 24.6 Å². The van der Waals surface area contributed by atoms with E-state index in [9.17, 15) is 5.11 Å². The van der Waals surface area contributed by atoms with Crippen LogP contribution >= 0.6 is 0 Å². The maximum absolute atomic E-state index is 9.33. The Labute approximate surface area is 132 Å². The summed E-state index contributed by atoms with van der Waals surface area (Å²) in [7, 11) is 0. The number of hydrogen-bond donors (Lipinski definition) is 2. The van der Waals surface area contributed by atoms with Crippen molar-refractivity contribution in [3.8, 4) is 0 Å². The molecule has 2 aromatic heterocycles. The Morgan fingerprint density at radius 1 is 1.17 bits per heavy atom. The van der Waals surface area contributed by atoms with Crippen LogP contribution in [0.5, 0.6) is 0 Å². The third-order valence-corrected chi connectivity index (χ3v) is 5.03. The molecule has 3 fully saturated rings. The lowest BCUT2D eigenvalue weighted by Gasteiger charge is -2.17. The Balaban J connectivity index is 1.47. The highest BCUT2D eigenvalue weighted by atomic mass is 16.7. The van der Waals surface area contributed by atoms with Crippen LogP contribution < -0.4 is 5.32 Å². The number of rotatable bonds is 4. The molecule has 1 aliphatic carbocycles. The van der Waals surface area contributed by atoms with Gasteiger partial charge < -0.3 is 19.9 Å². The predicted molar refractivity (Wildman–Crippen MR) is 80.9 cm³/mol. The van der Waals surface area contributed by atoms with E-state index in [0.29, 0.717) is 6.04 Å². The molecule has 1 saturated carbocycles. The molecule has 4 heterocycles. The van der Waals surface area contributed by atoms with Gasteiger partial charge in [-0.1, -0.05) is 12.8 Å². The fourth-order valence-electron chi connectivity index (χ4n) is 3.78. The van der Waals surface area contributed by atoms with Gasteiger partial charge in [-0.05, 0) is 12.8 Å². The fourth-order valence-corrected chi connectivity index (χ4v) is 3.78. The van der Waals surface area contributed by atoms with Crippen molar-refractivity contribution in [2.45, 2.75) is 56.3 Å². The normalized spacial score (nSPS) is 33.3. The molecule has 0 spiro atoms. The van der Waals surface area contributed by atoms with Gasteiger partial charge >= 0.3 is 0 Å². The van der Waals surface area contributed by atoms with Crippen molar-refractivity contribution in [3.05, 3.63) is 12.7 Å². The molecule has 0 unspecified atom stereocenters. The van der Waals surface area contributed by atoms with Crippen LogP contribution in [0, 0.1) is 0 Å². The molecule has 2 aromatic rings. The van der Waals surface area contributed by atoms with Gasteiger partial charge in [-0.2, -0.15) is 0 Å². The van der Waals surface area contributed by atoms with Gasteiger partial charge in [0, 0.05) is 6.04 Å². The number of fused-ring (bicyclic) bond motifs is 2. The molecular formula is C15H19N5O3. The molecule has 2 saturated heterocycles. The Kier molecular flexibility index (Phi) is 3.04. The first-order valence-electron chi connectivity index (χ1n) is 8.21. The quantitative estimate of drug-likeness (QED) is 0.806. The van der Waals surface area contributed by atoms with Crippen LogP contribution in [-0.4, -0.2) is 55.6 Å². The number of aliphatic hydroxyl groups excluding tert-OH is 1. The highest BCUT2D eigenvalue weighted by molar-refractivity contribution is 5.82. The van der Waals surface area contributed by atoms with Crippen molar-refractivity contribution in [3.63, 3.8) is 0 Å². The molecule has 0 bridgehead atoms. The van der Waals surface area contributed by atoms with E-state index in [1.807, 2.05) is 4.57 Å². The van der Waals surface area contributed by atoms with Gasteiger partial charge in [0.25, 0.3) is 0 Å². The van der Waals surface area contributed by atoms with E-state index in [0.717, 1.165) is 17.0 Å². The summed E-state index contributed by atoms with van der Waals surface area (Å²) in [6, 6.07) is 0.468. The number of anilines is 1. The first-order valence-corrected chi connectivity index (χ1v) is 8.21. The first-order chi connectivity index (χ1) is 11.3. The maximum atomic E-state index is 9.33. The number of nitrogens with one attached hydrogen (secondary N) is 1. The van der Waals surface area contributed by atoms with Gasteiger partial charge in [-0.3, -0.25) is 4.57 Å². The lowest BCUT2D eigenvalue weighted by atomic mass is 10.2. The van der Waals surface area contributed by atoms with Crippen LogP contribution in [0.2, 0.25) is 0 Å². The van der Waals surface area contributed by atoms with E-state index in [2.05, 4.69) is 20.3 Å². The molecule has 5 rings (SSSR count). The van der Waals surface area contributed by atoms with Gasteiger partial charge in [0.15, 0.2) is 23.2 Å². The second-order valence-corrected chi connectivity index (χ2v) is 6.49. The van der Waals surface area contributed by atoms with Crippen LogP contribution in [0.25, 0.3) is 11.2 Å². The molecule has 0 radical (unpaired) electrons. The van der Waals surface area contributed by atoms with Gasteiger partial charge in [0.05, 0.1) is 12.9 Å². The first kappa shape index (κ1) is 13.6. The third-order valence-electron chi connectivity index (χ3n) is 5.03. The third kappa shape index (κ3) is 2.13. The van der Waals surface area contributed by atoms with Gasteiger partial charge in [-0.25, -0.2) is 15.0 Å². The minimum Gasteiger partial charge on any atom is -0.394 e. The SMILES string of the molecule is OC[C@H]1O[C@@H](n2cnc3c(NC4CCCC4)ncnc32)[C@@H]2O[C@@H]21. The largest absolute Gasteiger partial charge is 0.394 e. The Bertz CT molecular complexity index is 729. The van der Waals surface area contributed by atoms with Crippen LogP contribution in [0.3, 0.4) is 0 Å². The minimum atomic E-state index is -0.281. The van der Waals surface area contributed by atoms with Crippen LogP contribution in [0.1, 0.15) is 31.9 Å². The van der Waals surface area contributed by atoms with Crippen LogP contribution in [0.15, 0.2) is 12.7 Å². The van der Waals surface area contributed by atoms with E-state index in [4.69, 9.17) is 9.47 Å². The van der Waals surface area contributed by atoms with Crippen molar-refractivity contribution in [1.82, 2.24) is 19.5 Å². The standard InChI is InChI=1S/C15H19N5O3/c21-5-9-11-12(23-11)15(22-9)20-7-18-10-13(16-6-17-14(10)20)19-8-3-1-2-4-8/h6-9,11-12,15,21H,1-5H2,(H,16,17,19)/t9-,11-,12-,15-/m1/s1. The van der Waals surface area contributed by atoms with Crippen LogP contribution in [0.4, 0.5) is 5.82 Å². The van der Waals surface area contributed by atoms with Crippen molar-refractivity contribution in [2.75, 3.05) is 11.9 Å². The molecule has 8 nitrogen and oxygen atoms in total. The van der Waals surface area contributed by atoms with Crippen molar-refractivity contribution in [1.29, 1.82) is 0 Å². The minimum absolute atomic E-state index is 0.0135. The highest BCUT2D eigenvalue weighted by Gasteiger charge is 2.58. The molecule has 3 aliphatic rings. The number of aromatic nitrogens is 4. The monoisotopic (exact) mass is 317 g/mol. The number of aliphatic hydroxyl groups is 1. The van der Waals surface area contributed by atoms with Gasteiger partial charge in [0.2, 0.25) is 0 Å². The number of epoxide rings is 1. The summed E-state index contributed by atoms with van der Waals surface area (Å²) < 4.78 is 13.3. The lowest BCUT2D eigenvalue weighted by molar-refractivity contribution is -0.0823. The molecule has 2 aliphatic heterocycles. The second-order valence-electron chi connectivity index (χ2n) is 6.49. The fraction of sp³-hybridized carbons (Fsp3) is 0.667. The molecule has 2 N–H and O–H groups in total. The van der Waals surface area contributed by atoms with Crippen LogP contribution in [-0.2, 0) is 9.47 Å². The maximum Gasteiger partial charge on any atom is 0.167 e. The van der Waals surface area contributed by atoms with Crippen molar-refractivity contribution >= 4 is 17.0 Å². The molecule has 23 heavy (non-hydrogen) atoms. The number of ether oxygens (including phenoxy) is 2. The zero-order valence-electron chi connectivity index (χ0n) is 12.6. The summed E-state index contributed by atoms with van der Waals surface area (Å²) in [5.74, 6) is 0.783. The smallest absolute Gasteiger partial charge is 0.167 e. The summed E-state index contributed by atoms with van der Waals surface area (Å²) in [6.07, 6.45) is 7.58. The summed E-state index contributed by atoms with van der Waals surface area (Å²) in [5.41, 5.74) is 1.49. The zero-order valence-corrected chi connectivity index (χ0v) is 12.6. The number of nitrogens with zero attached hydrogens (tertiary/aromatic N) is 4. The van der Waals surface area contributed by atoms with Gasteiger partial charge in [-0.15, -0.1) is 0 Å². The summed E-state index contributed by atoms with van der Waals surface area (Å²) in [4.78, 5) is 13.2. The average Bonchev–Trinajstić information content (AvgIpc) is 2.95. The molecule has 0 aromatic carbocycles. The van der Waals surface area contributed by atoms with E-state index >= 15 is 0 Å². The zero-order chi connectivity index (χ0) is 15.4. The Morgan fingerprint density at radius 2 is 2.04 bits per heavy atom. The summed E-state index contributed by atoms with van der Waals surface area (Å²) >= 11 is 0. The van der Waals surface area contributed by atoms with Crippen molar-refractivity contribution < 1.29 is 14.6 Å². The highest BCUT2D eigenvalue weighted by Crippen LogP contribution is 2.45. The molecule has 4 atom stereocenters. The number of hydrogen-bond acceptors (Lipinski definition) is 7. The summed E-state index contributed by atoms with van der Waals surface area (Å²) in [6.45, 7) is -0.0340. The summed E-state index contributed by atoms with van der Waals surface area (Å²) in [5, 5.41) is 12.8. The predicted octanol–water partition coefficient (Wildman–Crippen LogP) is 0.838. The Hall–Kier alpha value is -1.77. The van der Waals surface area contributed by atoms with E-state index < -0.39 is 0 Å². The second kappa shape index (κ2) is 5.12. The van der Waals surface area contributed by atoms with E-state index in [-0.39, 0.29) is 31.1 Å². The average molecular weight is 317 g/mol. The van der Waals surface area contributed by atoms with E-state index in [1.54, 1.807) is 12.7 Å². The Morgan fingerprint density at radius 3 is 2.83 bits per heavy atom. The molecular weight excluding hydrogens is 298 g/mol. The molecule has 122 valence electrons. The van der Waals surface area contributed by atoms with Crippen molar-refractivity contribution in [2.24, 2.45) is 0 Å². The number of imidazole rings is 1. The topological polar surface area (TPSA) is 97.6 Å². The lowest BCUT2D eigenvalue weighted by Crippen LogP contribution is -2.22. The molecule has 8 heteroatoms. The van der Waals surface area contributed by atoms with E-state index in [1.165, 1.54) is 25.7 Å².